The van der Waals surface area contributed by atoms with E-state index in [4.69, 9.17) is 0 Å². The van der Waals surface area contributed by atoms with Gasteiger partial charge in [-0.2, -0.15) is 0 Å². The van der Waals surface area contributed by atoms with Crippen LogP contribution in [0.5, 0.6) is 0 Å². The van der Waals surface area contributed by atoms with Crippen LogP contribution >= 0.6 is 0 Å². The average Bonchev–Trinajstić information content (AvgIpc) is 3.85. The highest BCUT2D eigenvalue weighted by Crippen LogP contribution is 2.63. The van der Waals surface area contributed by atoms with Crippen molar-refractivity contribution in [2.75, 3.05) is 4.90 Å². The molecular formula is C58H41N. The minimum absolute atomic E-state index is 0.151. The fourth-order valence-corrected chi connectivity index (χ4v) is 11.0. The lowest BCUT2D eigenvalue weighted by atomic mass is 9.70. The molecule has 0 saturated carbocycles. The maximum Gasteiger partial charge on any atom is 0.0725 e. The molecule has 9 aromatic rings. The number of nitrogens with zero attached hydrogens (tertiary/aromatic N) is 1. The lowest BCUT2D eigenvalue weighted by Crippen LogP contribution is -2.25. The molecule has 0 aromatic heterocycles. The number of fused-ring (bicyclic) bond motifs is 13. The maximum absolute atomic E-state index is 2.55. The zero-order chi connectivity index (χ0) is 39.3. The summed E-state index contributed by atoms with van der Waals surface area (Å²) in [6, 6.07) is 79.2. The smallest absolute Gasteiger partial charge is 0.0725 e. The molecular weight excluding hydrogens is 711 g/mol. The molecule has 59 heavy (non-hydrogen) atoms. The second kappa shape index (κ2) is 12.6. The van der Waals surface area contributed by atoms with E-state index in [-0.39, 0.29) is 5.41 Å². The molecule has 9 aromatic carbocycles. The molecule has 0 saturated heterocycles. The van der Waals surface area contributed by atoms with Crippen LogP contribution in [-0.4, -0.2) is 0 Å². The number of benzene rings is 9. The van der Waals surface area contributed by atoms with Gasteiger partial charge in [0.15, 0.2) is 0 Å². The summed E-state index contributed by atoms with van der Waals surface area (Å²) in [7, 11) is 0. The topological polar surface area (TPSA) is 3.24 Å². The summed E-state index contributed by atoms with van der Waals surface area (Å²) in [5, 5.41) is 0. The van der Waals surface area contributed by atoms with Crippen LogP contribution in [0.25, 0.3) is 55.6 Å². The molecule has 0 amide bonds. The first-order valence-corrected chi connectivity index (χ1v) is 20.8. The zero-order valence-electron chi connectivity index (χ0n) is 33.2. The first kappa shape index (κ1) is 33.9. The number of hydrogen-bond acceptors (Lipinski definition) is 1. The van der Waals surface area contributed by atoms with Gasteiger partial charge in [0.05, 0.1) is 11.1 Å². The van der Waals surface area contributed by atoms with Crippen LogP contribution in [0, 0.1) is 0 Å². The molecule has 3 aliphatic rings. The molecule has 0 radical (unpaired) electrons. The molecule has 0 heterocycles. The number of rotatable bonds is 5. The van der Waals surface area contributed by atoms with Crippen molar-refractivity contribution < 1.29 is 0 Å². The Morgan fingerprint density at radius 1 is 0.288 bits per heavy atom. The van der Waals surface area contributed by atoms with E-state index in [1.165, 1.54) is 89.0 Å². The Morgan fingerprint density at radius 2 is 0.678 bits per heavy atom. The number of para-hydroxylation sites is 1. The first-order chi connectivity index (χ1) is 29.0. The summed E-state index contributed by atoms with van der Waals surface area (Å²) in [6.45, 7) is 4.75. The van der Waals surface area contributed by atoms with Gasteiger partial charge in [0.25, 0.3) is 0 Å². The number of hydrogen-bond donors (Lipinski definition) is 0. The quantitative estimate of drug-likeness (QED) is 0.169. The summed E-state index contributed by atoms with van der Waals surface area (Å²) < 4.78 is 0. The van der Waals surface area contributed by atoms with Crippen molar-refractivity contribution in [3.63, 3.8) is 0 Å². The van der Waals surface area contributed by atoms with Gasteiger partial charge in [-0.25, -0.2) is 0 Å². The average molecular weight is 752 g/mol. The van der Waals surface area contributed by atoms with E-state index in [0.717, 1.165) is 17.1 Å². The third-order valence-corrected chi connectivity index (χ3v) is 13.5. The summed E-state index contributed by atoms with van der Waals surface area (Å²) in [6.07, 6.45) is 0. The van der Waals surface area contributed by atoms with Crippen molar-refractivity contribution in [1.29, 1.82) is 0 Å². The second-order valence-electron chi connectivity index (χ2n) is 16.8. The van der Waals surface area contributed by atoms with Gasteiger partial charge < -0.3 is 4.90 Å². The Bertz CT molecular complexity index is 3030. The SMILES string of the molecule is CC1(C)c2ccccc2-c2ccc(N(c3ccc4c(c3)-c3ccccc3C43c4ccccc4-c4ccccc43)c3c(-c4ccccc4)cccc3-c3ccccc3)cc21. The van der Waals surface area contributed by atoms with E-state index in [1.807, 2.05) is 0 Å². The summed E-state index contributed by atoms with van der Waals surface area (Å²) in [5.74, 6) is 0. The molecule has 0 fully saturated rings. The molecule has 12 rings (SSSR count). The van der Waals surface area contributed by atoms with Gasteiger partial charge in [0.1, 0.15) is 0 Å². The summed E-state index contributed by atoms with van der Waals surface area (Å²) >= 11 is 0. The molecule has 1 spiro atoms. The highest BCUT2D eigenvalue weighted by atomic mass is 15.1. The lowest BCUT2D eigenvalue weighted by molar-refractivity contribution is 0.660. The highest BCUT2D eigenvalue weighted by molar-refractivity contribution is 6.01. The molecule has 0 bridgehead atoms. The third-order valence-electron chi connectivity index (χ3n) is 13.5. The van der Waals surface area contributed by atoms with Crippen LogP contribution in [0.1, 0.15) is 47.2 Å². The predicted octanol–water partition coefficient (Wildman–Crippen LogP) is 15.1. The minimum Gasteiger partial charge on any atom is -0.309 e. The standard InChI is InChI=1S/C58H41N/c1-57(2)50-28-13-9-22-44(50)48-34-32-41(37-55(48)57)59(56-42(38-18-5-3-6-19-38)26-17-27-43(56)39-20-7-4-8-21-39)40-33-35-54-49(36-40)47-25-12-16-31-53(47)58(54)51-29-14-10-23-45(51)46-24-11-15-30-52(46)58/h3-37H,1-2H3. The largest absolute Gasteiger partial charge is 0.309 e. The molecule has 1 heteroatoms. The summed E-state index contributed by atoms with van der Waals surface area (Å²) in [4.78, 5) is 2.55. The van der Waals surface area contributed by atoms with Crippen LogP contribution in [-0.2, 0) is 10.8 Å². The Hall–Kier alpha value is -7.22. The third kappa shape index (κ3) is 4.67. The van der Waals surface area contributed by atoms with Gasteiger partial charge in [0, 0.05) is 27.9 Å². The van der Waals surface area contributed by atoms with Crippen molar-refractivity contribution in [2.45, 2.75) is 24.7 Å². The maximum atomic E-state index is 2.55. The molecule has 1 nitrogen and oxygen atoms in total. The van der Waals surface area contributed by atoms with Crippen LogP contribution < -0.4 is 4.90 Å². The van der Waals surface area contributed by atoms with Crippen molar-refractivity contribution in [2.24, 2.45) is 0 Å². The van der Waals surface area contributed by atoms with Crippen molar-refractivity contribution in [3.05, 3.63) is 246 Å². The van der Waals surface area contributed by atoms with Crippen LogP contribution in [0.2, 0.25) is 0 Å². The normalized spacial score (nSPS) is 14.2. The molecule has 278 valence electrons. The monoisotopic (exact) mass is 751 g/mol. The predicted molar refractivity (Wildman–Crippen MR) is 246 cm³/mol. The van der Waals surface area contributed by atoms with Crippen LogP contribution in [0.4, 0.5) is 17.1 Å². The Labute approximate surface area is 346 Å². The van der Waals surface area contributed by atoms with E-state index in [1.54, 1.807) is 0 Å². The van der Waals surface area contributed by atoms with Gasteiger partial charge in [-0.1, -0.05) is 202 Å². The number of anilines is 3. The van der Waals surface area contributed by atoms with Gasteiger partial charge in [-0.05, 0) is 102 Å². The first-order valence-electron chi connectivity index (χ1n) is 20.8. The van der Waals surface area contributed by atoms with E-state index in [0.29, 0.717) is 0 Å². The van der Waals surface area contributed by atoms with Crippen LogP contribution in [0.15, 0.2) is 212 Å². The van der Waals surface area contributed by atoms with Gasteiger partial charge >= 0.3 is 0 Å². The molecule has 0 N–H and O–H groups in total. The van der Waals surface area contributed by atoms with Gasteiger partial charge in [0.2, 0.25) is 0 Å². The van der Waals surface area contributed by atoms with Crippen molar-refractivity contribution in [3.8, 4) is 55.6 Å². The zero-order valence-corrected chi connectivity index (χ0v) is 33.2. The van der Waals surface area contributed by atoms with Crippen molar-refractivity contribution >= 4 is 17.1 Å². The van der Waals surface area contributed by atoms with E-state index < -0.39 is 5.41 Å². The Morgan fingerprint density at radius 3 is 1.24 bits per heavy atom. The highest BCUT2D eigenvalue weighted by Gasteiger charge is 2.51. The minimum atomic E-state index is -0.400. The van der Waals surface area contributed by atoms with E-state index in [9.17, 15) is 0 Å². The fourth-order valence-electron chi connectivity index (χ4n) is 11.0. The molecule has 0 aliphatic heterocycles. The van der Waals surface area contributed by atoms with Gasteiger partial charge in [-0.15, -0.1) is 0 Å². The van der Waals surface area contributed by atoms with Crippen molar-refractivity contribution in [1.82, 2.24) is 0 Å². The van der Waals surface area contributed by atoms with Crippen LogP contribution in [0.3, 0.4) is 0 Å². The lowest BCUT2D eigenvalue weighted by Gasteiger charge is -2.33. The second-order valence-corrected chi connectivity index (χ2v) is 16.8. The fraction of sp³-hybridized carbons (Fsp3) is 0.0690. The summed E-state index contributed by atoms with van der Waals surface area (Å²) in [5.41, 5.74) is 23.6. The van der Waals surface area contributed by atoms with E-state index >= 15 is 0 Å². The van der Waals surface area contributed by atoms with Gasteiger partial charge in [-0.3, -0.25) is 0 Å². The Balaban J connectivity index is 1.16. The molecule has 0 unspecified atom stereocenters. The van der Waals surface area contributed by atoms with E-state index in [2.05, 4.69) is 231 Å². The molecule has 3 aliphatic carbocycles. The Kier molecular flexibility index (Phi) is 7.26. The molecule has 0 atom stereocenters.